The number of carboxylic acids is 1. The molecular weight excluding hydrogens is 373 g/mol. The van der Waals surface area contributed by atoms with Crippen LogP contribution in [-0.2, 0) is 17.8 Å². The Morgan fingerprint density at radius 2 is 2.07 bits per heavy atom. The molecule has 0 spiro atoms. The lowest BCUT2D eigenvalue weighted by atomic mass is 9.81. The second kappa shape index (κ2) is 8.21. The lowest BCUT2D eigenvalue weighted by molar-refractivity contribution is -0.139. The molecule has 2 aromatic carbocycles. The number of aliphatic carboxylic acids is 1. The summed E-state index contributed by atoms with van der Waals surface area (Å²) in [7, 11) is 0. The van der Waals surface area contributed by atoms with Crippen molar-refractivity contribution >= 4 is 17.0 Å². The smallest absolute Gasteiger partial charge is 0.303 e. The number of nitrogens with one attached hydrogen (secondary N) is 1. The molecular formula is C22H24FN3O3. The minimum atomic E-state index is -0.791. The van der Waals surface area contributed by atoms with Crippen LogP contribution in [-0.4, -0.2) is 44.1 Å². The summed E-state index contributed by atoms with van der Waals surface area (Å²) in [6.07, 6.45) is 1.51. The van der Waals surface area contributed by atoms with Gasteiger partial charge in [0, 0.05) is 31.5 Å². The van der Waals surface area contributed by atoms with E-state index in [0.29, 0.717) is 24.0 Å². The predicted octanol–water partition coefficient (Wildman–Crippen LogP) is 3.56. The monoisotopic (exact) mass is 397 g/mol. The van der Waals surface area contributed by atoms with Crippen LogP contribution in [0.4, 0.5) is 4.39 Å². The molecule has 3 aromatic rings. The highest BCUT2D eigenvalue weighted by Gasteiger charge is 2.31. The van der Waals surface area contributed by atoms with E-state index in [1.54, 1.807) is 18.2 Å². The zero-order chi connectivity index (χ0) is 20.4. The van der Waals surface area contributed by atoms with Crippen molar-refractivity contribution in [1.29, 1.82) is 0 Å². The number of likely N-dealkylation sites (tertiary alicyclic amines) is 1. The Kier molecular flexibility index (Phi) is 5.49. The summed E-state index contributed by atoms with van der Waals surface area (Å²) in [6.45, 7) is 2.13. The summed E-state index contributed by atoms with van der Waals surface area (Å²) in [4.78, 5) is 21.3. The molecule has 2 atom stereocenters. The van der Waals surface area contributed by atoms with Gasteiger partial charge in [0.2, 0.25) is 0 Å². The fourth-order valence-electron chi connectivity index (χ4n) is 4.29. The molecule has 0 radical (unpaired) electrons. The Bertz CT molecular complexity index is 1020. The molecule has 3 N–H and O–H groups in total. The number of aromatic hydroxyl groups is 1. The molecule has 0 bridgehead atoms. The SMILES string of the molecule is O=C(O)CC1CCN(Cc2ccccc2O)CC1Cc1nc2ccc(F)cc2[nH]1. The third-order valence-electron chi connectivity index (χ3n) is 5.75. The first-order valence-electron chi connectivity index (χ1n) is 9.83. The number of carboxylic acid groups (broad SMARTS) is 1. The number of aromatic amines is 1. The molecule has 29 heavy (non-hydrogen) atoms. The molecule has 1 saturated heterocycles. The second-order valence-corrected chi connectivity index (χ2v) is 7.82. The number of nitrogens with zero attached hydrogens (tertiary/aromatic N) is 2. The van der Waals surface area contributed by atoms with E-state index in [2.05, 4.69) is 14.9 Å². The van der Waals surface area contributed by atoms with Crippen LogP contribution in [0.5, 0.6) is 5.75 Å². The molecule has 0 amide bonds. The summed E-state index contributed by atoms with van der Waals surface area (Å²) in [5.41, 5.74) is 2.22. The molecule has 6 nitrogen and oxygen atoms in total. The van der Waals surface area contributed by atoms with Crippen LogP contribution >= 0.6 is 0 Å². The first-order chi connectivity index (χ1) is 14.0. The van der Waals surface area contributed by atoms with E-state index < -0.39 is 5.97 Å². The first kappa shape index (κ1) is 19.4. The zero-order valence-electron chi connectivity index (χ0n) is 16.0. The molecule has 1 aliphatic rings. The molecule has 0 saturated carbocycles. The van der Waals surface area contributed by atoms with Gasteiger partial charge in [0.05, 0.1) is 11.0 Å². The number of piperidine rings is 1. The minimum absolute atomic E-state index is 0.0538. The largest absolute Gasteiger partial charge is 0.508 e. The van der Waals surface area contributed by atoms with E-state index in [1.807, 2.05) is 12.1 Å². The maximum absolute atomic E-state index is 13.5. The number of rotatable bonds is 6. The number of phenolic OH excluding ortho intramolecular Hbond substituents is 1. The highest BCUT2D eigenvalue weighted by molar-refractivity contribution is 5.74. The predicted molar refractivity (Wildman–Crippen MR) is 107 cm³/mol. The van der Waals surface area contributed by atoms with E-state index in [0.717, 1.165) is 30.9 Å². The van der Waals surface area contributed by atoms with Crippen molar-refractivity contribution in [3.05, 3.63) is 59.7 Å². The fourth-order valence-corrected chi connectivity index (χ4v) is 4.29. The van der Waals surface area contributed by atoms with E-state index in [-0.39, 0.29) is 29.8 Å². The zero-order valence-corrected chi connectivity index (χ0v) is 16.0. The van der Waals surface area contributed by atoms with Gasteiger partial charge in [-0.15, -0.1) is 0 Å². The van der Waals surface area contributed by atoms with Gasteiger partial charge in [-0.3, -0.25) is 9.69 Å². The Morgan fingerprint density at radius 3 is 2.86 bits per heavy atom. The molecule has 2 unspecified atom stereocenters. The fraction of sp³-hybridized carbons (Fsp3) is 0.364. The maximum atomic E-state index is 13.5. The van der Waals surface area contributed by atoms with Crippen LogP contribution in [0.1, 0.15) is 24.2 Å². The number of para-hydroxylation sites is 1. The first-order valence-corrected chi connectivity index (χ1v) is 9.83. The van der Waals surface area contributed by atoms with Crippen LogP contribution in [0.2, 0.25) is 0 Å². The molecule has 1 fully saturated rings. The molecule has 7 heteroatoms. The summed E-state index contributed by atoms with van der Waals surface area (Å²) < 4.78 is 13.5. The maximum Gasteiger partial charge on any atom is 0.303 e. The summed E-state index contributed by atoms with van der Waals surface area (Å²) >= 11 is 0. The van der Waals surface area contributed by atoms with Gasteiger partial charge in [0.15, 0.2) is 0 Å². The van der Waals surface area contributed by atoms with Gasteiger partial charge < -0.3 is 15.2 Å². The van der Waals surface area contributed by atoms with Gasteiger partial charge in [-0.1, -0.05) is 18.2 Å². The van der Waals surface area contributed by atoms with Crippen LogP contribution in [0, 0.1) is 17.7 Å². The number of imidazole rings is 1. The molecule has 4 rings (SSSR count). The van der Waals surface area contributed by atoms with Crippen molar-refractivity contribution in [2.45, 2.75) is 25.8 Å². The van der Waals surface area contributed by atoms with Gasteiger partial charge in [-0.25, -0.2) is 9.37 Å². The number of fused-ring (bicyclic) bond motifs is 1. The molecule has 2 heterocycles. The Morgan fingerprint density at radius 1 is 1.24 bits per heavy atom. The van der Waals surface area contributed by atoms with E-state index in [9.17, 15) is 19.4 Å². The van der Waals surface area contributed by atoms with E-state index >= 15 is 0 Å². The normalized spacial score (nSPS) is 20.2. The van der Waals surface area contributed by atoms with Crippen molar-refractivity contribution in [2.75, 3.05) is 13.1 Å². The summed E-state index contributed by atoms with van der Waals surface area (Å²) in [5, 5.41) is 19.4. The Labute approximate surface area is 168 Å². The number of hydrogen-bond donors (Lipinski definition) is 3. The number of aromatic nitrogens is 2. The Hall–Kier alpha value is -2.93. The van der Waals surface area contributed by atoms with Gasteiger partial charge >= 0.3 is 5.97 Å². The minimum Gasteiger partial charge on any atom is -0.508 e. The second-order valence-electron chi connectivity index (χ2n) is 7.82. The lowest BCUT2D eigenvalue weighted by Gasteiger charge is -2.38. The van der Waals surface area contributed by atoms with Crippen LogP contribution in [0.15, 0.2) is 42.5 Å². The van der Waals surface area contributed by atoms with E-state index in [1.165, 1.54) is 12.1 Å². The topological polar surface area (TPSA) is 89.4 Å². The summed E-state index contributed by atoms with van der Waals surface area (Å²) in [6, 6.07) is 11.7. The van der Waals surface area contributed by atoms with Gasteiger partial charge in [-0.05, 0) is 49.1 Å². The van der Waals surface area contributed by atoms with E-state index in [4.69, 9.17) is 0 Å². The molecule has 152 valence electrons. The van der Waals surface area contributed by atoms with Crippen LogP contribution in [0.25, 0.3) is 11.0 Å². The van der Waals surface area contributed by atoms with Gasteiger partial charge in [0.25, 0.3) is 0 Å². The highest BCUT2D eigenvalue weighted by atomic mass is 19.1. The van der Waals surface area contributed by atoms with Gasteiger partial charge in [0.1, 0.15) is 17.4 Å². The number of H-pyrrole nitrogens is 1. The molecule has 1 aliphatic heterocycles. The third kappa shape index (κ3) is 4.56. The van der Waals surface area contributed by atoms with Gasteiger partial charge in [-0.2, -0.15) is 0 Å². The third-order valence-corrected chi connectivity index (χ3v) is 5.75. The van der Waals surface area contributed by atoms with Crippen molar-refractivity contribution in [2.24, 2.45) is 11.8 Å². The van der Waals surface area contributed by atoms with Crippen molar-refractivity contribution in [3.63, 3.8) is 0 Å². The molecule has 1 aromatic heterocycles. The number of phenols is 1. The van der Waals surface area contributed by atoms with Crippen LogP contribution < -0.4 is 0 Å². The number of benzene rings is 2. The number of halogens is 1. The quantitative estimate of drug-likeness (QED) is 0.592. The average molecular weight is 397 g/mol. The standard InChI is InChI=1S/C22H24FN3O3/c23-17-5-6-18-19(11-17)25-21(24-18)9-16-13-26(8-7-14(16)10-22(28)29)12-15-3-1-2-4-20(15)27/h1-6,11,14,16,27H,7-10,12-13H2,(H,24,25)(H,28,29). The van der Waals surface area contributed by atoms with Crippen molar-refractivity contribution in [1.82, 2.24) is 14.9 Å². The van der Waals surface area contributed by atoms with Crippen LogP contribution in [0.3, 0.4) is 0 Å². The Balaban J connectivity index is 1.52. The van der Waals surface area contributed by atoms with Crippen molar-refractivity contribution in [3.8, 4) is 5.75 Å². The average Bonchev–Trinajstić information content (AvgIpc) is 3.06. The highest BCUT2D eigenvalue weighted by Crippen LogP contribution is 2.31. The molecule has 0 aliphatic carbocycles. The lowest BCUT2D eigenvalue weighted by Crippen LogP contribution is -2.41. The number of carbonyl (C=O) groups is 1. The van der Waals surface area contributed by atoms with Crippen molar-refractivity contribution < 1.29 is 19.4 Å². The summed E-state index contributed by atoms with van der Waals surface area (Å²) in [5.74, 6) is 0.0735. The number of hydrogen-bond acceptors (Lipinski definition) is 4.